The van der Waals surface area contributed by atoms with E-state index >= 15 is 0 Å². The topological polar surface area (TPSA) is 120 Å². The molecule has 0 atom stereocenters. The van der Waals surface area contributed by atoms with Gasteiger partial charge in [0.25, 0.3) is 5.91 Å². The van der Waals surface area contributed by atoms with Crippen LogP contribution in [0.25, 0.3) is 17.4 Å². The van der Waals surface area contributed by atoms with E-state index in [1.165, 1.54) is 29.2 Å². The van der Waals surface area contributed by atoms with Crippen molar-refractivity contribution in [2.45, 2.75) is 0 Å². The van der Waals surface area contributed by atoms with Crippen LogP contribution >= 0.6 is 11.8 Å². The summed E-state index contributed by atoms with van der Waals surface area (Å²) in [7, 11) is 1.58. The first-order valence-corrected chi connectivity index (χ1v) is 10.2. The van der Waals surface area contributed by atoms with Crippen LogP contribution in [0.2, 0.25) is 0 Å². The van der Waals surface area contributed by atoms with Crippen LogP contribution in [-0.4, -0.2) is 45.2 Å². The number of amides is 1. The predicted octanol–water partition coefficient (Wildman–Crippen LogP) is 4.58. The number of carboxylic acid groups (broad SMARTS) is 2. The Morgan fingerprint density at radius 3 is 2.41 bits per heavy atom. The number of rotatable bonds is 5. The average molecular weight is 448 g/mol. The summed E-state index contributed by atoms with van der Waals surface area (Å²) in [5, 5.41) is 18.7. The Kier molecular flexibility index (Phi) is 5.65. The summed E-state index contributed by atoms with van der Waals surface area (Å²) in [4.78, 5) is 41.1. The molecule has 1 amide bonds. The van der Waals surface area contributed by atoms with Gasteiger partial charge < -0.3 is 14.6 Å². The van der Waals surface area contributed by atoms with Crippen molar-refractivity contribution in [1.29, 1.82) is 0 Å². The van der Waals surface area contributed by atoms with Gasteiger partial charge in [0.1, 0.15) is 11.5 Å². The van der Waals surface area contributed by atoms with Gasteiger partial charge >= 0.3 is 11.9 Å². The number of carbonyl (C=O) groups is 3. The molecule has 1 fully saturated rings. The second-order valence-corrected chi connectivity index (χ2v) is 7.82. The third-order valence-electron chi connectivity index (χ3n) is 4.62. The Labute approximate surface area is 186 Å². The third-order valence-corrected chi connectivity index (χ3v) is 5.68. The smallest absolute Gasteiger partial charge is 0.335 e. The molecule has 8 nitrogen and oxygen atoms in total. The van der Waals surface area contributed by atoms with Crippen molar-refractivity contribution in [3.8, 4) is 11.3 Å². The molecule has 1 aliphatic heterocycles. The molecular weight excluding hydrogens is 432 g/mol. The third kappa shape index (κ3) is 4.33. The van der Waals surface area contributed by atoms with E-state index in [1.54, 1.807) is 49.5 Å². The molecule has 2 N–H and O–H groups in total. The van der Waals surface area contributed by atoms with Crippen LogP contribution in [-0.2, 0) is 4.79 Å². The number of hydrogen-bond acceptors (Lipinski definition) is 6. The van der Waals surface area contributed by atoms with Crippen molar-refractivity contribution in [1.82, 2.24) is 4.90 Å². The van der Waals surface area contributed by atoms with Crippen LogP contribution in [0.3, 0.4) is 0 Å². The molecule has 9 heteroatoms. The zero-order valence-corrected chi connectivity index (χ0v) is 17.5. The highest BCUT2D eigenvalue weighted by Crippen LogP contribution is 2.34. The first kappa shape index (κ1) is 21.1. The molecule has 1 aliphatic rings. The number of carboxylic acids is 2. The number of furan rings is 1. The number of amidine groups is 1. The van der Waals surface area contributed by atoms with Crippen molar-refractivity contribution in [3.05, 3.63) is 82.5 Å². The summed E-state index contributed by atoms with van der Waals surface area (Å²) >= 11 is 1.14. The van der Waals surface area contributed by atoms with Crippen LogP contribution in [0.1, 0.15) is 26.5 Å². The van der Waals surface area contributed by atoms with Gasteiger partial charge in [-0.15, -0.1) is 0 Å². The number of hydrogen-bond donors (Lipinski definition) is 2. The molecular formula is C23H16N2O6S. The first-order chi connectivity index (χ1) is 15.3. The fraction of sp³-hybridized carbons (Fsp3) is 0.0435. The number of likely N-dealkylation sites (N-methyl/N-ethyl adjacent to an activating group) is 1. The van der Waals surface area contributed by atoms with Crippen molar-refractivity contribution >= 4 is 46.5 Å². The standard InChI is InChI=1S/C23H16N2O6S/c1-25-20(26)19(32-23(25)24-16-7-3-6-15(11-16)22(29)30)12-17-8-9-18(31-17)13-4-2-5-14(10-13)21(27)28/h2-12H,1H3,(H,27,28)(H,29,30)/b19-12+,24-23?. The van der Waals surface area contributed by atoms with Crippen LogP contribution in [0.5, 0.6) is 0 Å². The molecule has 1 saturated heterocycles. The fourth-order valence-electron chi connectivity index (χ4n) is 2.99. The number of nitrogens with zero attached hydrogens (tertiary/aromatic N) is 2. The minimum atomic E-state index is -1.06. The SMILES string of the molecule is CN1C(=O)/C(=C\c2ccc(-c3cccc(C(=O)O)c3)o2)SC1=Nc1cccc(C(=O)O)c1. The van der Waals surface area contributed by atoms with Crippen LogP contribution in [0, 0.1) is 0 Å². The normalized spacial score (nSPS) is 16.2. The maximum absolute atomic E-state index is 12.6. The lowest BCUT2D eigenvalue weighted by molar-refractivity contribution is -0.121. The lowest BCUT2D eigenvalue weighted by atomic mass is 10.1. The van der Waals surface area contributed by atoms with E-state index in [1.807, 2.05) is 0 Å². The van der Waals surface area contributed by atoms with E-state index in [4.69, 9.17) is 14.6 Å². The molecule has 2 aromatic carbocycles. The van der Waals surface area contributed by atoms with E-state index in [0.717, 1.165) is 11.8 Å². The van der Waals surface area contributed by atoms with Gasteiger partial charge in [-0.1, -0.05) is 18.2 Å². The Morgan fingerprint density at radius 2 is 1.69 bits per heavy atom. The van der Waals surface area contributed by atoms with Crippen LogP contribution in [0.4, 0.5) is 5.69 Å². The maximum atomic E-state index is 12.6. The number of carbonyl (C=O) groups excluding carboxylic acids is 1. The number of thioether (sulfide) groups is 1. The minimum absolute atomic E-state index is 0.106. The Morgan fingerprint density at radius 1 is 1.00 bits per heavy atom. The highest BCUT2D eigenvalue weighted by atomic mass is 32.2. The van der Waals surface area contributed by atoms with E-state index < -0.39 is 11.9 Å². The van der Waals surface area contributed by atoms with E-state index in [0.29, 0.717) is 32.8 Å². The molecule has 0 bridgehead atoms. The monoisotopic (exact) mass is 448 g/mol. The van der Waals surface area contributed by atoms with Crippen LogP contribution in [0.15, 0.2) is 75.0 Å². The van der Waals surface area contributed by atoms with Crippen molar-refractivity contribution in [2.75, 3.05) is 7.05 Å². The van der Waals surface area contributed by atoms with Gasteiger partial charge in [-0.25, -0.2) is 14.6 Å². The van der Waals surface area contributed by atoms with E-state index in [9.17, 15) is 14.4 Å². The molecule has 3 aromatic rings. The van der Waals surface area contributed by atoms with Crippen molar-refractivity contribution in [3.63, 3.8) is 0 Å². The lowest BCUT2D eigenvalue weighted by Gasteiger charge is -2.07. The minimum Gasteiger partial charge on any atom is -0.478 e. The number of benzene rings is 2. The summed E-state index contributed by atoms with van der Waals surface area (Å²) in [6.45, 7) is 0. The highest BCUT2D eigenvalue weighted by Gasteiger charge is 2.30. The molecule has 4 rings (SSSR count). The second-order valence-electron chi connectivity index (χ2n) is 6.81. The average Bonchev–Trinajstić information content (AvgIpc) is 3.35. The second kappa shape index (κ2) is 8.56. The zero-order valence-electron chi connectivity index (χ0n) is 16.7. The first-order valence-electron chi connectivity index (χ1n) is 9.35. The zero-order chi connectivity index (χ0) is 22.8. The van der Waals surface area contributed by atoms with Gasteiger partial charge in [-0.2, -0.15) is 0 Å². The van der Waals surface area contributed by atoms with Gasteiger partial charge in [0.05, 0.1) is 21.7 Å². The largest absolute Gasteiger partial charge is 0.478 e. The summed E-state index contributed by atoms with van der Waals surface area (Å²) in [6.07, 6.45) is 1.59. The number of aliphatic imine (C=N–C) groups is 1. The summed E-state index contributed by atoms with van der Waals surface area (Å²) in [5.74, 6) is -1.45. The van der Waals surface area contributed by atoms with Gasteiger partial charge in [0, 0.05) is 18.7 Å². The van der Waals surface area contributed by atoms with Gasteiger partial charge in [-0.05, 0) is 54.2 Å². The lowest BCUT2D eigenvalue weighted by Crippen LogP contribution is -2.23. The summed E-state index contributed by atoms with van der Waals surface area (Å²) < 4.78 is 5.79. The molecule has 0 saturated carbocycles. The quantitative estimate of drug-likeness (QED) is 0.548. The molecule has 2 heterocycles. The van der Waals surface area contributed by atoms with Crippen molar-refractivity contribution < 1.29 is 29.0 Å². The van der Waals surface area contributed by atoms with E-state index in [-0.39, 0.29) is 17.0 Å². The Hall–Kier alpha value is -4.11. The maximum Gasteiger partial charge on any atom is 0.335 e. The Bertz CT molecular complexity index is 1310. The summed E-state index contributed by atoms with van der Waals surface area (Å²) in [6, 6.07) is 15.9. The molecule has 1 aromatic heterocycles. The van der Waals surface area contributed by atoms with E-state index in [2.05, 4.69) is 4.99 Å². The fourth-order valence-corrected chi connectivity index (χ4v) is 3.96. The molecule has 0 radical (unpaired) electrons. The predicted molar refractivity (Wildman–Crippen MR) is 120 cm³/mol. The van der Waals surface area contributed by atoms with Crippen molar-refractivity contribution in [2.24, 2.45) is 4.99 Å². The highest BCUT2D eigenvalue weighted by molar-refractivity contribution is 8.18. The summed E-state index contributed by atoms with van der Waals surface area (Å²) in [5.41, 5.74) is 1.29. The molecule has 0 aliphatic carbocycles. The molecule has 32 heavy (non-hydrogen) atoms. The van der Waals surface area contributed by atoms with Crippen LogP contribution < -0.4 is 0 Å². The number of aromatic carboxylic acids is 2. The molecule has 160 valence electrons. The molecule has 0 unspecified atom stereocenters. The molecule has 0 spiro atoms. The van der Waals surface area contributed by atoms with Gasteiger partial charge in [-0.3, -0.25) is 9.69 Å². The van der Waals surface area contributed by atoms with Gasteiger partial charge in [0.2, 0.25) is 0 Å². The van der Waals surface area contributed by atoms with Gasteiger partial charge in [0.15, 0.2) is 5.17 Å². The Balaban J connectivity index is 1.59.